The van der Waals surface area contributed by atoms with Crippen molar-refractivity contribution >= 4 is 22.6 Å². The number of hydrogen-bond acceptors (Lipinski definition) is 3. The number of benzene rings is 1. The van der Waals surface area contributed by atoms with E-state index in [0.717, 1.165) is 17.9 Å². The van der Waals surface area contributed by atoms with Crippen LogP contribution < -0.4 is 5.32 Å². The summed E-state index contributed by atoms with van der Waals surface area (Å²) in [5.41, 5.74) is -0.0936. The van der Waals surface area contributed by atoms with Crippen LogP contribution in [-0.4, -0.2) is 17.5 Å². The van der Waals surface area contributed by atoms with Crippen LogP contribution in [-0.2, 0) is 6.18 Å². The fraction of sp³-hybridized carbons (Fsp3) is 0.462. The van der Waals surface area contributed by atoms with Crippen molar-refractivity contribution in [1.82, 2.24) is 0 Å². The van der Waals surface area contributed by atoms with E-state index in [2.05, 4.69) is 24.2 Å². The fourth-order valence-corrected chi connectivity index (χ4v) is 2.58. The van der Waals surface area contributed by atoms with Gasteiger partial charge >= 0.3 is 6.18 Å². The Labute approximate surface area is 114 Å². The molecule has 0 unspecified atom stereocenters. The molecule has 0 amide bonds. The van der Waals surface area contributed by atoms with Gasteiger partial charge in [0, 0.05) is 18.0 Å². The highest BCUT2D eigenvalue weighted by Crippen LogP contribution is 2.32. The van der Waals surface area contributed by atoms with Gasteiger partial charge in [0.05, 0.1) is 5.56 Å². The van der Waals surface area contributed by atoms with Crippen LogP contribution in [0.1, 0.15) is 19.4 Å². The van der Waals surface area contributed by atoms with Gasteiger partial charge in [-0.2, -0.15) is 13.2 Å². The molecule has 19 heavy (non-hydrogen) atoms. The first kappa shape index (κ1) is 14.2. The summed E-state index contributed by atoms with van der Waals surface area (Å²) in [7, 11) is 0. The summed E-state index contributed by atoms with van der Waals surface area (Å²) < 4.78 is 37.8. The Morgan fingerprint density at radius 1 is 1.32 bits per heavy atom. The molecule has 0 aliphatic carbocycles. The highest BCUT2D eigenvalue weighted by molar-refractivity contribution is 8.14. The number of amidine groups is 1. The molecule has 1 heterocycles. The average molecular weight is 288 g/mol. The van der Waals surface area contributed by atoms with Crippen molar-refractivity contribution in [2.45, 2.75) is 20.0 Å². The zero-order chi connectivity index (χ0) is 14.1. The first-order valence-corrected chi connectivity index (χ1v) is 6.86. The van der Waals surface area contributed by atoms with E-state index >= 15 is 0 Å². The van der Waals surface area contributed by atoms with Crippen molar-refractivity contribution in [2.75, 3.05) is 17.6 Å². The van der Waals surface area contributed by atoms with E-state index in [0.29, 0.717) is 17.4 Å². The van der Waals surface area contributed by atoms with Gasteiger partial charge < -0.3 is 5.32 Å². The number of nitrogens with zero attached hydrogens (tertiary/aromatic N) is 1. The second-order valence-electron chi connectivity index (χ2n) is 5.28. The molecule has 1 aromatic carbocycles. The van der Waals surface area contributed by atoms with E-state index in [-0.39, 0.29) is 5.41 Å². The van der Waals surface area contributed by atoms with E-state index in [1.165, 1.54) is 17.8 Å². The smallest absolute Gasteiger partial charge is 0.335 e. The molecule has 104 valence electrons. The minimum atomic E-state index is -4.32. The SMILES string of the molecule is CC1(C)CN=C(Nc2cccc(C(F)(F)F)c2)SC1. The summed E-state index contributed by atoms with van der Waals surface area (Å²) in [4.78, 5) is 4.36. The van der Waals surface area contributed by atoms with Crippen LogP contribution in [0.3, 0.4) is 0 Å². The molecule has 6 heteroatoms. The Bertz CT molecular complexity index is 495. The summed E-state index contributed by atoms with van der Waals surface area (Å²) in [5, 5.41) is 3.62. The maximum Gasteiger partial charge on any atom is 0.416 e. The van der Waals surface area contributed by atoms with Gasteiger partial charge in [0.25, 0.3) is 0 Å². The van der Waals surface area contributed by atoms with Gasteiger partial charge in [-0.3, -0.25) is 4.99 Å². The number of alkyl halides is 3. The van der Waals surface area contributed by atoms with Crippen LogP contribution in [0.25, 0.3) is 0 Å². The van der Waals surface area contributed by atoms with Crippen LogP contribution >= 0.6 is 11.8 Å². The van der Waals surface area contributed by atoms with Gasteiger partial charge in [-0.1, -0.05) is 31.7 Å². The average Bonchev–Trinajstić information content (AvgIpc) is 2.31. The van der Waals surface area contributed by atoms with Gasteiger partial charge in [-0.15, -0.1) is 0 Å². The number of halogens is 3. The molecule has 1 aromatic rings. The monoisotopic (exact) mass is 288 g/mol. The van der Waals surface area contributed by atoms with E-state index in [1.807, 2.05) is 0 Å². The summed E-state index contributed by atoms with van der Waals surface area (Å²) in [6.45, 7) is 4.91. The molecule has 1 N–H and O–H groups in total. The molecule has 0 radical (unpaired) electrons. The molecule has 2 nitrogen and oxygen atoms in total. The summed E-state index contributed by atoms with van der Waals surface area (Å²) in [6.07, 6.45) is -4.32. The van der Waals surface area contributed by atoms with Gasteiger partial charge in [-0.05, 0) is 23.6 Å². The molecule has 1 aliphatic heterocycles. The number of anilines is 1. The normalized spacial score (nSPS) is 18.9. The number of rotatable bonds is 1. The van der Waals surface area contributed by atoms with Gasteiger partial charge in [0.1, 0.15) is 0 Å². The minimum absolute atomic E-state index is 0.143. The second kappa shape index (κ2) is 5.07. The van der Waals surface area contributed by atoms with E-state index in [9.17, 15) is 13.2 Å². The fourth-order valence-electron chi connectivity index (χ4n) is 1.61. The largest absolute Gasteiger partial charge is 0.416 e. The Balaban J connectivity index is 2.10. The molecule has 0 fully saturated rings. The number of thioether (sulfide) groups is 1. The first-order chi connectivity index (χ1) is 8.76. The van der Waals surface area contributed by atoms with Crippen molar-refractivity contribution in [2.24, 2.45) is 10.4 Å². The third-order valence-electron chi connectivity index (χ3n) is 2.69. The molecule has 0 atom stereocenters. The lowest BCUT2D eigenvalue weighted by atomic mass is 9.97. The minimum Gasteiger partial charge on any atom is -0.335 e. The van der Waals surface area contributed by atoms with Crippen LogP contribution in [0.15, 0.2) is 29.3 Å². The lowest BCUT2D eigenvalue weighted by molar-refractivity contribution is -0.137. The van der Waals surface area contributed by atoms with Gasteiger partial charge in [0.15, 0.2) is 5.17 Å². The van der Waals surface area contributed by atoms with Crippen molar-refractivity contribution in [3.8, 4) is 0 Å². The Morgan fingerprint density at radius 2 is 2.05 bits per heavy atom. The Hall–Kier alpha value is -1.17. The van der Waals surface area contributed by atoms with E-state index < -0.39 is 11.7 Å². The Morgan fingerprint density at radius 3 is 2.63 bits per heavy atom. The Kier molecular flexibility index (Phi) is 3.80. The summed E-state index contributed by atoms with van der Waals surface area (Å²) >= 11 is 1.54. The van der Waals surface area contributed by atoms with Crippen molar-refractivity contribution < 1.29 is 13.2 Å². The quantitative estimate of drug-likeness (QED) is 0.835. The standard InChI is InChI=1S/C13H15F3N2S/c1-12(2)7-17-11(19-8-12)18-10-5-3-4-9(6-10)13(14,15)16/h3-6H,7-8H2,1-2H3,(H,17,18). The summed E-state index contributed by atoms with van der Waals surface area (Å²) in [5.74, 6) is 0.901. The maximum atomic E-state index is 12.6. The van der Waals surface area contributed by atoms with Gasteiger partial charge in [0.2, 0.25) is 0 Å². The zero-order valence-corrected chi connectivity index (χ0v) is 11.5. The van der Waals surface area contributed by atoms with E-state index in [4.69, 9.17) is 0 Å². The molecule has 0 saturated heterocycles. The van der Waals surface area contributed by atoms with Crippen molar-refractivity contribution in [3.63, 3.8) is 0 Å². The molecular formula is C13H15F3N2S. The summed E-state index contributed by atoms with van der Waals surface area (Å²) in [6, 6.07) is 5.16. The zero-order valence-electron chi connectivity index (χ0n) is 10.7. The molecule has 0 aromatic heterocycles. The van der Waals surface area contributed by atoms with Gasteiger partial charge in [-0.25, -0.2) is 0 Å². The number of nitrogens with one attached hydrogen (secondary N) is 1. The molecule has 0 bridgehead atoms. The molecular weight excluding hydrogens is 273 g/mol. The van der Waals surface area contributed by atoms with Crippen LogP contribution in [0, 0.1) is 5.41 Å². The maximum absolute atomic E-state index is 12.6. The number of aliphatic imine (C=N–C) groups is 1. The van der Waals surface area contributed by atoms with E-state index in [1.54, 1.807) is 6.07 Å². The molecule has 0 spiro atoms. The van der Waals surface area contributed by atoms with Crippen LogP contribution in [0.5, 0.6) is 0 Å². The molecule has 2 rings (SSSR count). The highest BCUT2D eigenvalue weighted by Gasteiger charge is 2.30. The topological polar surface area (TPSA) is 24.4 Å². The highest BCUT2D eigenvalue weighted by atomic mass is 32.2. The first-order valence-electron chi connectivity index (χ1n) is 5.88. The molecule has 1 aliphatic rings. The number of hydrogen-bond donors (Lipinski definition) is 1. The lowest BCUT2D eigenvalue weighted by Gasteiger charge is -2.27. The second-order valence-corrected chi connectivity index (χ2v) is 6.24. The molecule has 0 saturated carbocycles. The van der Waals surface area contributed by atoms with Crippen molar-refractivity contribution in [3.05, 3.63) is 29.8 Å². The predicted molar refractivity (Wildman–Crippen MR) is 73.6 cm³/mol. The van der Waals surface area contributed by atoms with Crippen molar-refractivity contribution in [1.29, 1.82) is 0 Å². The lowest BCUT2D eigenvalue weighted by Crippen LogP contribution is -2.27. The predicted octanol–water partition coefficient (Wildman–Crippen LogP) is 4.25. The third kappa shape index (κ3) is 3.89. The van der Waals surface area contributed by atoms with Crippen LogP contribution in [0.2, 0.25) is 0 Å². The van der Waals surface area contributed by atoms with Crippen LogP contribution in [0.4, 0.5) is 18.9 Å². The third-order valence-corrected chi connectivity index (χ3v) is 4.12.